The number of fused-ring (bicyclic) bond motifs is 3. The molecule has 0 aromatic heterocycles. The van der Waals surface area contributed by atoms with E-state index in [4.69, 9.17) is 23.2 Å². The van der Waals surface area contributed by atoms with Crippen molar-refractivity contribution in [1.82, 2.24) is 0 Å². The van der Waals surface area contributed by atoms with Crippen LogP contribution in [-0.4, -0.2) is 22.1 Å². The Morgan fingerprint density at radius 2 is 1.95 bits per heavy atom. The number of alkyl halides is 2. The molecule has 1 saturated carbocycles. The largest absolute Gasteiger partial charge is 0.304 e. The van der Waals surface area contributed by atoms with Gasteiger partial charge < -0.3 is 4.90 Å². The van der Waals surface area contributed by atoms with E-state index in [0.717, 1.165) is 30.5 Å². The van der Waals surface area contributed by atoms with Crippen molar-refractivity contribution in [3.8, 4) is 0 Å². The first-order valence-electron chi connectivity index (χ1n) is 7.24. The van der Waals surface area contributed by atoms with Gasteiger partial charge in [0.05, 0.1) is 6.04 Å². The van der Waals surface area contributed by atoms with Crippen LogP contribution < -0.4 is 4.90 Å². The number of anilines is 1. The van der Waals surface area contributed by atoms with Crippen LogP contribution in [-0.2, 0) is 15.0 Å². The number of halogens is 2. The van der Waals surface area contributed by atoms with Gasteiger partial charge in [-0.2, -0.15) is 0 Å². The average Bonchev–Trinajstić information content (AvgIpc) is 2.73. The Labute approximate surface area is 133 Å². The van der Waals surface area contributed by atoms with E-state index in [9.17, 15) is 9.59 Å². The zero-order valence-corrected chi connectivity index (χ0v) is 13.1. The highest BCUT2D eigenvalue weighted by Crippen LogP contribution is 2.57. The highest BCUT2D eigenvalue weighted by molar-refractivity contribution is 6.69. The third kappa shape index (κ3) is 1.46. The number of piperidine rings is 1. The molecule has 110 valence electrons. The number of amides is 1. The fourth-order valence-corrected chi connectivity index (χ4v) is 4.98. The van der Waals surface area contributed by atoms with Crippen LogP contribution in [0.1, 0.15) is 31.7 Å². The maximum atomic E-state index is 12.7. The second-order valence-corrected chi connectivity index (χ2v) is 7.82. The van der Waals surface area contributed by atoms with Crippen LogP contribution in [0, 0.1) is 5.92 Å². The van der Waals surface area contributed by atoms with E-state index in [0.29, 0.717) is 0 Å². The molecule has 1 saturated heterocycles. The van der Waals surface area contributed by atoms with E-state index in [-0.39, 0.29) is 23.2 Å². The number of ketones is 1. The average molecular weight is 324 g/mol. The molecular weight excluding hydrogens is 309 g/mol. The first kappa shape index (κ1) is 13.6. The molecule has 21 heavy (non-hydrogen) atoms. The predicted molar refractivity (Wildman–Crippen MR) is 81.9 cm³/mol. The van der Waals surface area contributed by atoms with Crippen molar-refractivity contribution < 1.29 is 9.59 Å². The second kappa shape index (κ2) is 4.02. The number of Topliss-reactive ketones (excluding diaryl/α,β-unsaturated/α-hetero) is 1. The van der Waals surface area contributed by atoms with Crippen LogP contribution >= 0.6 is 23.2 Å². The van der Waals surface area contributed by atoms with E-state index < -0.39 is 10.2 Å². The van der Waals surface area contributed by atoms with Gasteiger partial charge in [0.1, 0.15) is 0 Å². The summed E-state index contributed by atoms with van der Waals surface area (Å²) in [4.78, 5) is 27.0. The summed E-state index contributed by atoms with van der Waals surface area (Å²) < 4.78 is -1.95. The van der Waals surface area contributed by atoms with Crippen LogP contribution in [0.25, 0.3) is 0 Å². The highest BCUT2D eigenvalue weighted by atomic mass is 35.5. The van der Waals surface area contributed by atoms with E-state index in [2.05, 4.69) is 13.0 Å². The molecule has 0 N–H and O–H groups in total. The van der Waals surface area contributed by atoms with Crippen molar-refractivity contribution in [2.24, 2.45) is 5.92 Å². The molecule has 3 nitrogen and oxygen atoms in total. The maximum absolute atomic E-state index is 12.7. The summed E-state index contributed by atoms with van der Waals surface area (Å²) in [6, 6.07) is 7.72. The van der Waals surface area contributed by atoms with Crippen molar-refractivity contribution in [3.63, 3.8) is 0 Å². The Kier molecular flexibility index (Phi) is 2.60. The van der Waals surface area contributed by atoms with Crippen molar-refractivity contribution in [2.75, 3.05) is 4.90 Å². The number of carbonyl (C=O) groups excluding carboxylic acids is 2. The summed E-state index contributed by atoms with van der Waals surface area (Å²) >= 11 is 12.2. The van der Waals surface area contributed by atoms with Crippen molar-refractivity contribution >= 4 is 40.6 Å². The van der Waals surface area contributed by atoms with Gasteiger partial charge in [-0.3, -0.25) is 9.59 Å². The lowest BCUT2D eigenvalue weighted by atomic mass is 9.63. The minimum atomic E-state index is -1.95. The highest BCUT2D eigenvalue weighted by Gasteiger charge is 2.65. The van der Waals surface area contributed by atoms with Gasteiger partial charge in [-0.15, -0.1) is 0 Å². The number of rotatable bonds is 0. The Bertz CT molecular complexity index is 672. The molecule has 2 heterocycles. The van der Waals surface area contributed by atoms with Crippen LogP contribution in [0.2, 0.25) is 0 Å². The first-order chi connectivity index (χ1) is 9.89. The normalized spacial score (nSPS) is 36.4. The Morgan fingerprint density at radius 3 is 2.71 bits per heavy atom. The Balaban J connectivity index is 1.99. The maximum Gasteiger partial charge on any atom is 0.271 e. The molecule has 3 aliphatic rings. The topological polar surface area (TPSA) is 37.4 Å². The van der Waals surface area contributed by atoms with Gasteiger partial charge in [0.15, 0.2) is 5.78 Å². The van der Waals surface area contributed by atoms with Gasteiger partial charge in [-0.25, -0.2) is 0 Å². The van der Waals surface area contributed by atoms with Crippen LogP contribution in [0.3, 0.4) is 0 Å². The van der Waals surface area contributed by atoms with Crippen LogP contribution in [0.5, 0.6) is 0 Å². The monoisotopic (exact) mass is 323 g/mol. The molecule has 1 amide bonds. The van der Waals surface area contributed by atoms with Crippen LogP contribution in [0.15, 0.2) is 24.3 Å². The van der Waals surface area contributed by atoms with Crippen LogP contribution in [0.4, 0.5) is 5.69 Å². The van der Waals surface area contributed by atoms with E-state index >= 15 is 0 Å². The van der Waals surface area contributed by atoms with Gasteiger partial charge in [0.25, 0.3) is 10.2 Å². The fraction of sp³-hybridized carbons (Fsp3) is 0.500. The lowest BCUT2D eigenvalue weighted by molar-refractivity contribution is -0.136. The molecule has 3 atom stereocenters. The van der Waals surface area contributed by atoms with Crippen molar-refractivity contribution in [3.05, 3.63) is 29.8 Å². The van der Waals surface area contributed by atoms with Crippen molar-refractivity contribution in [2.45, 2.75) is 42.0 Å². The zero-order chi connectivity index (χ0) is 15.0. The molecule has 1 aliphatic carbocycles. The summed E-state index contributed by atoms with van der Waals surface area (Å²) in [6.07, 6.45) is 2.67. The summed E-state index contributed by atoms with van der Waals surface area (Å²) in [7, 11) is 0. The summed E-state index contributed by atoms with van der Waals surface area (Å²) in [6.45, 7) is 2.15. The smallest absolute Gasteiger partial charge is 0.271 e. The third-order valence-electron chi connectivity index (χ3n) is 5.44. The molecule has 2 aliphatic heterocycles. The molecule has 5 heteroatoms. The summed E-state index contributed by atoms with van der Waals surface area (Å²) in [5.74, 6) is -1.09. The number of para-hydroxylation sites is 1. The van der Waals surface area contributed by atoms with E-state index in [1.807, 2.05) is 18.2 Å². The molecule has 0 spiro atoms. The van der Waals surface area contributed by atoms with E-state index in [1.165, 1.54) is 0 Å². The number of hydrogen-bond donors (Lipinski definition) is 0. The zero-order valence-electron chi connectivity index (χ0n) is 11.6. The van der Waals surface area contributed by atoms with Crippen molar-refractivity contribution in [1.29, 1.82) is 0 Å². The number of carbonyl (C=O) groups is 2. The molecular formula is C16H15Cl2NO2. The predicted octanol–water partition coefficient (Wildman–Crippen LogP) is 3.22. The van der Waals surface area contributed by atoms with Gasteiger partial charge in [0.2, 0.25) is 0 Å². The quantitative estimate of drug-likeness (QED) is 0.543. The van der Waals surface area contributed by atoms with Gasteiger partial charge in [-0.05, 0) is 24.5 Å². The standard InChI is InChI=1S/C16H15Cl2NO2/c1-15-8-4-5-9-12(15)19(11-7-3-2-6-10(11)15)14(21)16(17,18)13(9)20/h2-3,6-7,9,12H,4-5,8H2,1H3. The number of benzene rings is 1. The minimum Gasteiger partial charge on any atom is -0.304 e. The molecule has 0 radical (unpaired) electrons. The summed E-state index contributed by atoms with van der Waals surface area (Å²) in [5, 5.41) is 0. The molecule has 0 bridgehead atoms. The van der Waals surface area contributed by atoms with E-state index in [1.54, 1.807) is 4.90 Å². The molecule has 1 aromatic carbocycles. The first-order valence-corrected chi connectivity index (χ1v) is 8.00. The SMILES string of the molecule is CC12CCCC3C(=O)C(Cl)(Cl)C(=O)N(c4ccccc41)C32. The lowest BCUT2D eigenvalue weighted by Gasteiger charge is -2.49. The fourth-order valence-electron chi connectivity index (χ4n) is 4.51. The third-order valence-corrected chi connectivity index (χ3v) is 6.13. The minimum absolute atomic E-state index is 0.144. The number of hydrogen-bond acceptors (Lipinski definition) is 2. The Hall–Kier alpha value is -1.06. The van der Waals surface area contributed by atoms with Gasteiger partial charge in [-0.1, -0.05) is 54.7 Å². The lowest BCUT2D eigenvalue weighted by Crippen LogP contribution is -2.66. The molecule has 4 rings (SSSR count). The summed E-state index contributed by atoms with van der Waals surface area (Å²) in [5.41, 5.74) is 1.81. The Morgan fingerprint density at radius 1 is 1.24 bits per heavy atom. The molecule has 2 fully saturated rings. The van der Waals surface area contributed by atoms with Gasteiger partial charge >= 0.3 is 0 Å². The molecule has 1 aromatic rings. The number of nitrogens with zero attached hydrogens (tertiary/aromatic N) is 1. The van der Waals surface area contributed by atoms with Gasteiger partial charge in [0, 0.05) is 17.0 Å². The molecule has 3 unspecified atom stereocenters. The second-order valence-electron chi connectivity index (χ2n) is 6.49.